The second-order valence-electron chi connectivity index (χ2n) is 3.66. The van der Waals surface area contributed by atoms with E-state index in [1.807, 2.05) is 25.5 Å². The van der Waals surface area contributed by atoms with Gasteiger partial charge in [-0.05, 0) is 26.8 Å². The molecule has 0 amide bonds. The van der Waals surface area contributed by atoms with Crippen LogP contribution in [0.1, 0.15) is 25.0 Å². The van der Waals surface area contributed by atoms with Crippen molar-refractivity contribution in [1.29, 1.82) is 0 Å². The standard InChI is InChI=1S/C10H20N4O/c1-4-11-10(7-15)5-6-14-9(3)12-8(2)13-14/h10-11,15H,4-7H2,1-3H3. The molecule has 0 aliphatic rings. The van der Waals surface area contributed by atoms with Gasteiger partial charge in [0.15, 0.2) is 0 Å². The van der Waals surface area contributed by atoms with Crippen molar-refractivity contribution in [3.63, 3.8) is 0 Å². The number of likely N-dealkylation sites (N-methyl/N-ethyl adjacent to an activating group) is 1. The predicted octanol–water partition coefficient (Wildman–Crippen LogP) is 0.255. The van der Waals surface area contributed by atoms with Crippen molar-refractivity contribution in [2.45, 2.75) is 39.8 Å². The number of hydrogen-bond donors (Lipinski definition) is 2. The van der Waals surface area contributed by atoms with Gasteiger partial charge in [0.1, 0.15) is 11.6 Å². The van der Waals surface area contributed by atoms with Crippen molar-refractivity contribution in [2.24, 2.45) is 0 Å². The summed E-state index contributed by atoms with van der Waals surface area (Å²) in [6, 6.07) is 0.152. The lowest BCUT2D eigenvalue weighted by Crippen LogP contribution is -2.33. The van der Waals surface area contributed by atoms with E-state index in [-0.39, 0.29) is 12.6 Å². The summed E-state index contributed by atoms with van der Waals surface area (Å²) in [7, 11) is 0. The zero-order chi connectivity index (χ0) is 11.3. The zero-order valence-corrected chi connectivity index (χ0v) is 9.69. The van der Waals surface area contributed by atoms with E-state index in [1.54, 1.807) is 0 Å². The van der Waals surface area contributed by atoms with Gasteiger partial charge in [0, 0.05) is 12.6 Å². The Kier molecular flexibility index (Phi) is 4.71. The summed E-state index contributed by atoms with van der Waals surface area (Å²) in [5.74, 6) is 1.73. The molecular formula is C10H20N4O. The first-order chi connectivity index (χ1) is 7.17. The highest BCUT2D eigenvalue weighted by molar-refractivity contribution is 4.87. The summed E-state index contributed by atoms with van der Waals surface area (Å²) in [5.41, 5.74) is 0. The molecule has 5 nitrogen and oxygen atoms in total. The smallest absolute Gasteiger partial charge is 0.147 e. The molecule has 0 saturated heterocycles. The third-order valence-corrected chi connectivity index (χ3v) is 2.37. The van der Waals surface area contributed by atoms with E-state index in [0.29, 0.717) is 0 Å². The maximum absolute atomic E-state index is 9.10. The predicted molar refractivity (Wildman–Crippen MR) is 58.7 cm³/mol. The topological polar surface area (TPSA) is 63.0 Å². The minimum Gasteiger partial charge on any atom is -0.395 e. The number of aliphatic hydroxyl groups excluding tert-OH is 1. The molecule has 1 heterocycles. The summed E-state index contributed by atoms with van der Waals surface area (Å²) in [5, 5.41) is 16.6. The minimum absolute atomic E-state index is 0.152. The third kappa shape index (κ3) is 3.60. The molecule has 0 spiro atoms. The van der Waals surface area contributed by atoms with Gasteiger partial charge in [-0.15, -0.1) is 0 Å². The molecule has 1 unspecified atom stereocenters. The molecule has 0 radical (unpaired) electrons. The van der Waals surface area contributed by atoms with E-state index in [0.717, 1.165) is 31.2 Å². The Morgan fingerprint density at radius 2 is 2.20 bits per heavy atom. The van der Waals surface area contributed by atoms with Crippen LogP contribution in [0.4, 0.5) is 0 Å². The van der Waals surface area contributed by atoms with Crippen molar-refractivity contribution < 1.29 is 5.11 Å². The van der Waals surface area contributed by atoms with Gasteiger partial charge < -0.3 is 10.4 Å². The van der Waals surface area contributed by atoms with Crippen LogP contribution >= 0.6 is 0 Å². The first-order valence-corrected chi connectivity index (χ1v) is 5.39. The van der Waals surface area contributed by atoms with Crippen LogP contribution in [-0.4, -0.2) is 39.1 Å². The molecule has 1 atom stereocenters. The molecule has 15 heavy (non-hydrogen) atoms. The van der Waals surface area contributed by atoms with E-state index < -0.39 is 0 Å². The Hall–Kier alpha value is -0.940. The van der Waals surface area contributed by atoms with Crippen LogP contribution in [-0.2, 0) is 6.54 Å². The van der Waals surface area contributed by atoms with Crippen LogP contribution in [0.2, 0.25) is 0 Å². The van der Waals surface area contributed by atoms with E-state index >= 15 is 0 Å². The highest BCUT2D eigenvalue weighted by atomic mass is 16.3. The lowest BCUT2D eigenvalue weighted by Gasteiger charge is -2.14. The van der Waals surface area contributed by atoms with E-state index in [9.17, 15) is 0 Å². The van der Waals surface area contributed by atoms with Crippen LogP contribution in [0.5, 0.6) is 0 Å². The van der Waals surface area contributed by atoms with Gasteiger partial charge >= 0.3 is 0 Å². The molecule has 0 saturated carbocycles. The van der Waals surface area contributed by atoms with Gasteiger partial charge in [0.05, 0.1) is 6.61 Å². The van der Waals surface area contributed by atoms with Gasteiger partial charge in [-0.25, -0.2) is 4.98 Å². The minimum atomic E-state index is 0.152. The fourth-order valence-corrected chi connectivity index (χ4v) is 1.60. The molecule has 0 aliphatic heterocycles. The highest BCUT2D eigenvalue weighted by Crippen LogP contribution is 2.00. The Labute approximate surface area is 90.5 Å². The summed E-state index contributed by atoms with van der Waals surface area (Å²) in [4.78, 5) is 4.23. The van der Waals surface area contributed by atoms with E-state index in [2.05, 4.69) is 15.4 Å². The first-order valence-electron chi connectivity index (χ1n) is 5.39. The second-order valence-corrected chi connectivity index (χ2v) is 3.66. The highest BCUT2D eigenvalue weighted by Gasteiger charge is 2.07. The Morgan fingerprint density at radius 3 is 2.67 bits per heavy atom. The molecule has 86 valence electrons. The van der Waals surface area contributed by atoms with E-state index in [1.165, 1.54) is 0 Å². The van der Waals surface area contributed by atoms with Crippen LogP contribution in [0.25, 0.3) is 0 Å². The Bertz CT molecular complexity index is 298. The molecule has 5 heteroatoms. The maximum Gasteiger partial charge on any atom is 0.147 e. The van der Waals surface area contributed by atoms with Crippen molar-refractivity contribution >= 4 is 0 Å². The molecule has 0 aliphatic carbocycles. The Morgan fingerprint density at radius 1 is 1.47 bits per heavy atom. The summed E-state index contributed by atoms with van der Waals surface area (Å²) >= 11 is 0. The Balaban J connectivity index is 2.44. The average Bonchev–Trinajstić information content (AvgIpc) is 2.52. The van der Waals surface area contributed by atoms with Crippen LogP contribution in [0.15, 0.2) is 0 Å². The maximum atomic E-state index is 9.10. The fraction of sp³-hybridized carbons (Fsp3) is 0.800. The van der Waals surface area contributed by atoms with Crippen LogP contribution < -0.4 is 5.32 Å². The van der Waals surface area contributed by atoms with Crippen molar-refractivity contribution in [3.05, 3.63) is 11.6 Å². The first kappa shape index (κ1) is 12.1. The zero-order valence-electron chi connectivity index (χ0n) is 9.69. The fourth-order valence-electron chi connectivity index (χ4n) is 1.60. The van der Waals surface area contributed by atoms with Crippen molar-refractivity contribution in [2.75, 3.05) is 13.2 Å². The van der Waals surface area contributed by atoms with Gasteiger partial charge in [0.2, 0.25) is 0 Å². The van der Waals surface area contributed by atoms with Gasteiger partial charge in [-0.1, -0.05) is 6.92 Å². The molecular weight excluding hydrogens is 192 g/mol. The average molecular weight is 212 g/mol. The van der Waals surface area contributed by atoms with E-state index in [4.69, 9.17) is 5.11 Å². The monoisotopic (exact) mass is 212 g/mol. The summed E-state index contributed by atoms with van der Waals surface area (Å²) in [6.45, 7) is 7.71. The number of nitrogens with zero attached hydrogens (tertiary/aromatic N) is 3. The molecule has 1 aromatic rings. The van der Waals surface area contributed by atoms with Crippen LogP contribution in [0, 0.1) is 13.8 Å². The largest absolute Gasteiger partial charge is 0.395 e. The third-order valence-electron chi connectivity index (χ3n) is 2.37. The van der Waals surface area contributed by atoms with Gasteiger partial charge in [-0.2, -0.15) is 5.10 Å². The molecule has 1 aromatic heterocycles. The van der Waals surface area contributed by atoms with Gasteiger partial charge in [-0.3, -0.25) is 4.68 Å². The lowest BCUT2D eigenvalue weighted by atomic mass is 10.2. The SMILES string of the molecule is CCNC(CO)CCn1nc(C)nc1C. The number of aliphatic hydroxyl groups is 1. The number of rotatable bonds is 6. The quantitative estimate of drug-likeness (QED) is 0.710. The van der Waals surface area contributed by atoms with Crippen molar-refractivity contribution in [3.8, 4) is 0 Å². The number of aryl methyl sites for hydroxylation is 3. The number of aromatic nitrogens is 3. The second kappa shape index (κ2) is 5.82. The summed E-state index contributed by atoms with van der Waals surface area (Å²) in [6.07, 6.45) is 0.869. The lowest BCUT2D eigenvalue weighted by molar-refractivity contribution is 0.231. The van der Waals surface area contributed by atoms with Gasteiger partial charge in [0.25, 0.3) is 0 Å². The molecule has 1 rings (SSSR count). The molecule has 0 fully saturated rings. The molecule has 0 aromatic carbocycles. The van der Waals surface area contributed by atoms with Crippen LogP contribution in [0.3, 0.4) is 0 Å². The normalized spacial score (nSPS) is 13.1. The number of hydrogen-bond acceptors (Lipinski definition) is 4. The molecule has 2 N–H and O–H groups in total. The number of nitrogens with one attached hydrogen (secondary N) is 1. The molecule has 0 bridgehead atoms. The van der Waals surface area contributed by atoms with Crippen molar-refractivity contribution in [1.82, 2.24) is 20.1 Å². The summed E-state index contributed by atoms with van der Waals surface area (Å²) < 4.78 is 1.88.